The maximum atomic E-state index is 13.5. The monoisotopic (exact) mass is 731 g/mol. The second-order valence-corrected chi connectivity index (χ2v) is 16.7. The van der Waals surface area contributed by atoms with E-state index in [2.05, 4.69) is 20.1 Å². The summed E-state index contributed by atoms with van der Waals surface area (Å²) in [5.41, 5.74) is 5.07. The third-order valence-corrected chi connectivity index (χ3v) is 10.1. The zero-order chi connectivity index (χ0) is 37.9. The molecular formula is C38H66N8O6. The van der Waals surface area contributed by atoms with Crippen molar-refractivity contribution in [3.63, 3.8) is 0 Å². The van der Waals surface area contributed by atoms with Gasteiger partial charge in [-0.3, -0.25) is 9.69 Å². The van der Waals surface area contributed by atoms with Crippen LogP contribution in [0, 0.1) is 5.92 Å². The van der Waals surface area contributed by atoms with Gasteiger partial charge >= 0.3 is 18.2 Å². The lowest BCUT2D eigenvalue weighted by Crippen LogP contribution is -2.47. The van der Waals surface area contributed by atoms with E-state index < -0.39 is 11.2 Å². The normalized spacial score (nSPS) is 20.6. The number of nitrogen functional groups attached to an aromatic ring is 1. The predicted octanol–water partition coefficient (Wildman–Crippen LogP) is 5.91. The molecule has 2 amide bonds. The molecule has 0 unspecified atom stereocenters. The molecular weight excluding hydrogens is 664 g/mol. The third-order valence-electron chi connectivity index (χ3n) is 10.1. The van der Waals surface area contributed by atoms with E-state index in [1.54, 1.807) is 0 Å². The average Bonchev–Trinajstić information content (AvgIpc) is 3.08. The van der Waals surface area contributed by atoms with E-state index >= 15 is 0 Å². The molecule has 2 saturated carbocycles. The van der Waals surface area contributed by atoms with Crippen LogP contribution in [0.4, 0.5) is 27.2 Å². The first kappa shape index (κ1) is 41.2. The van der Waals surface area contributed by atoms with E-state index in [0.29, 0.717) is 56.7 Å². The zero-order valence-corrected chi connectivity index (χ0v) is 33.0. The Morgan fingerprint density at radius 3 is 2.12 bits per heavy atom. The Kier molecular flexibility index (Phi) is 15.0. The number of aromatic nitrogens is 2. The molecule has 3 fully saturated rings. The lowest BCUT2D eigenvalue weighted by Gasteiger charge is -2.37. The van der Waals surface area contributed by atoms with Crippen LogP contribution in [0.3, 0.4) is 0 Å². The van der Waals surface area contributed by atoms with Gasteiger partial charge in [-0.1, -0.05) is 19.3 Å². The Labute approximate surface area is 311 Å². The molecule has 0 spiro atoms. The number of anilines is 3. The quantitative estimate of drug-likeness (QED) is 0.183. The average molecular weight is 731 g/mol. The van der Waals surface area contributed by atoms with Crippen molar-refractivity contribution < 1.29 is 28.6 Å². The first-order chi connectivity index (χ1) is 24.6. The highest BCUT2D eigenvalue weighted by Crippen LogP contribution is 2.29. The van der Waals surface area contributed by atoms with Gasteiger partial charge in [-0.15, -0.1) is 0 Å². The van der Waals surface area contributed by atoms with Crippen LogP contribution in [0.2, 0.25) is 0 Å². The SMILES string of the molecule is COC(=O)CCN1CCN(c2cc(N)nc(N[C@H]3CC[C@@H](CN(CCCN(C(=O)OC(C)(C)C)C4CCCCC4)C(=O)OC(C)(C)C)CC3)n2)CC1. The van der Waals surface area contributed by atoms with Gasteiger partial charge in [0, 0.05) is 70.5 Å². The van der Waals surface area contributed by atoms with Crippen LogP contribution in [0.25, 0.3) is 0 Å². The summed E-state index contributed by atoms with van der Waals surface area (Å²) >= 11 is 0. The molecule has 1 aliphatic heterocycles. The van der Waals surface area contributed by atoms with Gasteiger partial charge in [-0.05, 0) is 92.4 Å². The van der Waals surface area contributed by atoms with E-state index in [4.69, 9.17) is 24.9 Å². The maximum absolute atomic E-state index is 13.5. The lowest BCUT2D eigenvalue weighted by molar-refractivity contribution is -0.141. The number of piperazine rings is 1. The van der Waals surface area contributed by atoms with Gasteiger partial charge in [0.2, 0.25) is 5.95 Å². The van der Waals surface area contributed by atoms with Gasteiger partial charge in [-0.2, -0.15) is 9.97 Å². The van der Waals surface area contributed by atoms with Gasteiger partial charge in [0.05, 0.1) is 13.5 Å². The van der Waals surface area contributed by atoms with Gasteiger partial charge in [-0.25, -0.2) is 9.59 Å². The highest BCUT2D eigenvalue weighted by atomic mass is 16.6. The van der Waals surface area contributed by atoms with Crippen molar-refractivity contribution in [3.05, 3.63) is 6.07 Å². The summed E-state index contributed by atoms with van der Waals surface area (Å²) in [4.78, 5) is 55.8. The summed E-state index contributed by atoms with van der Waals surface area (Å²) in [5.74, 6) is 1.91. The number of esters is 1. The third kappa shape index (κ3) is 13.8. The zero-order valence-electron chi connectivity index (χ0n) is 33.0. The molecule has 0 aromatic carbocycles. The Hall–Kier alpha value is -3.55. The second kappa shape index (κ2) is 19.0. The molecule has 1 aromatic heterocycles. The highest BCUT2D eigenvalue weighted by molar-refractivity contribution is 5.69. The van der Waals surface area contributed by atoms with Gasteiger partial charge < -0.3 is 40.0 Å². The molecule has 14 nitrogen and oxygen atoms in total. The van der Waals surface area contributed by atoms with Crippen LogP contribution in [0.15, 0.2) is 6.07 Å². The largest absolute Gasteiger partial charge is 0.469 e. The summed E-state index contributed by atoms with van der Waals surface area (Å²) in [7, 11) is 1.42. The standard InChI is InChI=1S/C38H66N8O6/c1-37(2,3)51-35(48)45(19-11-20-46(30-12-9-8-10-13-30)36(49)52-38(4,5)6)27-28-14-16-29(17-15-28)40-34-41-31(39)26-32(42-34)44-24-22-43(23-25-44)21-18-33(47)50-7/h26,28-30H,8-25,27H2,1-7H3,(H3,39,40,41,42)/t28-,29+. The first-order valence-corrected chi connectivity index (χ1v) is 19.5. The number of carbonyl (C=O) groups is 3. The minimum atomic E-state index is -0.601. The Bertz CT molecular complexity index is 1300. The molecule has 0 radical (unpaired) electrons. The fourth-order valence-electron chi connectivity index (χ4n) is 7.37. The summed E-state index contributed by atoms with van der Waals surface area (Å²) in [6, 6.07) is 2.20. The van der Waals surface area contributed by atoms with Crippen molar-refractivity contribution in [2.45, 2.75) is 135 Å². The minimum absolute atomic E-state index is 0.177. The highest BCUT2D eigenvalue weighted by Gasteiger charge is 2.32. The van der Waals surface area contributed by atoms with Gasteiger partial charge in [0.15, 0.2) is 0 Å². The topological polar surface area (TPSA) is 156 Å². The summed E-state index contributed by atoms with van der Waals surface area (Å²) < 4.78 is 16.4. The molecule has 52 heavy (non-hydrogen) atoms. The molecule has 4 rings (SSSR count). The fraction of sp³-hybridized carbons (Fsp3) is 0.816. The van der Waals surface area contributed by atoms with Crippen molar-refractivity contribution in [1.82, 2.24) is 24.7 Å². The number of ether oxygens (including phenoxy) is 3. The number of nitrogens with one attached hydrogen (secondary N) is 1. The van der Waals surface area contributed by atoms with Gasteiger partial charge in [0.25, 0.3) is 0 Å². The summed E-state index contributed by atoms with van der Waals surface area (Å²) in [5, 5.41) is 3.54. The molecule has 0 atom stereocenters. The lowest BCUT2D eigenvalue weighted by atomic mass is 9.85. The predicted molar refractivity (Wildman–Crippen MR) is 203 cm³/mol. The molecule has 3 aliphatic rings. The first-order valence-electron chi connectivity index (χ1n) is 19.5. The fourth-order valence-corrected chi connectivity index (χ4v) is 7.37. The molecule has 0 bridgehead atoms. The number of amides is 2. The second-order valence-electron chi connectivity index (χ2n) is 16.7. The van der Waals surface area contributed by atoms with Crippen molar-refractivity contribution >= 4 is 35.7 Å². The van der Waals surface area contributed by atoms with Crippen molar-refractivity contribution in [2.75, 3.05) is 75.4 Å². The van der Waals surface area contributed by atoms with Crippen molar-refractivity contribution in [3.8, 4) is 0 Å². The molecule has 1 saturated heterocycles. The molecule has 3 N–H and O–H groups in total. The Balaban J connectivity index is 1.30. The maximum Gasteiger partial charge on any atom is 0.410 e. The number of hydrogen-bond donors (Lipinski definition) is 2. The van der Waals surface area contributed by atoms with Crippen LogP contribution in [0.1, 0.15) is 112 Å². The number of methoxy groups -OCH3 is 1. The van der Waals surface area contributed by atoms with E-state index in [1.807, 2.05) is 57.4 Å². The Morgan fingerprint density at radius 2 is 1.50 bits per heavy atom. The number of hydrogen-bond acceptors (Lipinski definition) is 12. The van der Waals surface area contributed by atoms with Crippen LogP contribution in [-0.4, -0.2) is 126 Å². The van der Waals surface area contributed by atoms with Crippen LogP contribution < -0.4 is 16.0 Å². The van der Waals surface area contributed by atoms with E-state index in [1.165, 1.54) is 13.5 Å². The number of carbonyl (C=O) groups excluding carboxylic acids is 3. The summed E-state index contributed by atoms with van der Waals surface area (Å²) in [6.07, 6.45) is 9.65. The molecule has 2 heterocycles. The smallest absolute Gasteiger partial charge is 0.410 e. The van der Waals surface area contributed by atoms with Crippen molar-refractivity contribution in [1.29, 1.82) is 0 Å². The number of rotatable bonds is 13. The molecule has 14 heteroatoms. The summed E-state index contributed by atoms with van der Waals surface area (Å²) in [6.45, 7) is 17.0. The number of nitrogens with two attached hydrogens (primary N) is 1. The minimum Gasteiger partial charge on any atom is -0.469 e. The van der Waals surface area contributed by atoms with Crippen LogP contribution in [-0.2, 0) is 19.0 Å². The van der Waals surface area contributed by atoms with E-state index in [0.717, 1.165) is 83.4 Å². The van der Waals surface area contributed by atoms with E-state index in [9.17, 15) is 14.4 Å². The van der Waals surface area contributed by atoms with Crippen molar-refractivity contribution in [2.24, 2.45) is 5.92 Å². The molecule has 294 valence electrons. The Morgan fingerprint density at radius 1 is 0.865 bits per heavy atom. The number of nitrogens with zero attached hydrogens (tertiary/aromatic N) is 6. The van der Waals surface area contributed by atoms with E-state index in [-0.39, 0.29) is 30.2 Å². The van der Waals surface area contributed by atoms with Gasteiger partial charge in [0.1, 0.15) is 22.8 Å². The molecule has 2 aliphatic carbocycles. The van der Waals surface area contributed by atoms with Crippen LogP contribution in [0.5, 0.6) is 0 Å². The van der Waals surface area contributed by atoms with Crippen LogP contribution >= 0.6 is 0 Å². The molecule has 1 aromatic rings.